The predicted molar refractivity (Wildman–Crippen MR) is 129 cm³/mol. The van der Waals surface area contributed by atoms with Crippen LogP contribution in [0.25, 0.3) is 22.8 Å². The van der Waals surface area contributed by atoms with E-state index in [1.807, 2.05) is 36.4 Å². The number of ether oxygens (including phenoxy) is 2. The van der Waals surface area contributed by atoms with Gasteiger partial charge in [-0.25, -0.2) is 0 Å². The van der Waals surface area contributed by atoms with Gasteiger partial charge in [-0.2, -0.15) is 4.98 Å². The molecule has 0 aliphatic heterocycles. The first-order chi connectivity index (χ1) is 16.3. The molecular formula is C27H27N3O4. The van der Waals surface area contributed by atoms with Crippen molar-refractivity contribution in [1.82, 2.24) is 10.1 Å². The number of carbonyl (C=O) groups is 1. The fourth-order valence-electron chi connectivity index (χ4n) is 3.32. The normalized spacial score (nSPS) is 11.3. The van der Waals surface area contributed by atoms with Crippen LogP contribution in [0.5, 0.6) is 11.5 Å². The smallest absolute Gasteiger partial charge is 0.258 e. The first kappa shape index (κ1) is 23.0. The lowest BCUT2D eigenvalue weighted by atomic mass is 9.87. The van der Waals surface area contributed by atoms with Gasteiger partial charge in [0.15, 0.2) is 6.61 Å². The van der Waals surface area contributed by atoms with E-state index in [1.165, 1.54) is 5.56 Å². The zero-order valence-corrected chi connectivity index (χ0v) is 19.4. The largest absolute Gasteiger partial charge is 0.489 e. The van der Waals surface area contributed by atoms with Crippen molar-refractivity contribution in [3.63, 3.8) is 0 Å². The highest BCUT2D eigenvalue weighted by molar-refractivity contribution is 5.75. The molecule has 4 rings (SSSR count). The number of aromatic nitrogens is 2. The molecule has 1 aromatic heterocycles. The molecule has 1 heterocycles. The Bertz CT molecular complexity index is 1260. The molecule has 0 radical (unpaired) electrons. The molecule has 34 heavy (non-hydrogen) atoms. The molecule has 1 amide bonds. The number of primary amides is 1. The maximum Gasteiger partial charge on any atom is 0.258 e. The number of hydrogen-bond acceptors (Lipinski definition) is 6. The molecule has 7 heteroatoms. The van der Waals surface area contributed by atoms with Gasteiger partial charge in [-0.05, 0) is 65.1 Å². The Morgan fingerprint density at radius 1 is 0.912 bits per heavy atom. The number of carbonyl (C=O) groups excluding carboxylic acids is 1. The van der Waals surface area contributed by atoms with Gasteiger partial charge in [0.25, 0.3) is 11.8 Å². The lowest BCUT2D eigenvalue weighted by molar-refractivity contribution is -0.119. The Kier molecular flexibility index (Phi) is 6.63. The number of nitrogens with two attached hydrogens (primary N) is 1. The SMILES string of the molecule is CC(C)(C)c1ccc(OCc2cccc(-c3nc(-c4ccc(OCC(N)=O)cc4)no3)c2)cc1. The van der Waals surface area contributed by atoms with Gasteiger partial charge >= 0.3 is 0 Å². The Morgan fingerprint density at radius 3 is 2.26 bits per heavy atom. The zero-order valence-electron chi connectivity index (χ0n) is 19.4. The van der Waals surface area contributed by atoms with Crippen molar-refractivity contribution in [2.75, 3.05) is 6.61 Å². The van der Waals surface area contributed by atoms with Gasteiger partial charge in [0, 0.05) is 11.1 Å². The van der Waals surface area contributed by atoms with Gasteiger partial charge in [-0.1, -0.05) is 50.2 Å². The van der Waals surface area contributed by atoms with Crippen molar-refractivity contribution in [3.05, 3.63) is 83.9 Å². The molecule has 0 bridgehead atoms. The van der Waals surface area contributed by atoms with Gasteiger partial charge < -0.3 is 19.7 Å². The second-order valence-electron chi connectivity index (χ2n) is 8.97. The molecule has 4 aromatic rings. The van der Waals surface area contributed by atoms with Crippen molar-refractivity contribution in [1.29, 1.82) is 0 Å². The van der Waals surface area contributed by atoms with Crippen LogP contribution < -0.4 is 15.2 Å². The maximum absolute atomic E-state index is 10.8. The van der Waals surface area contributed by atoms with E-state index in [0.29, 0.717) is 24.1 Å². The maximum atomic E-state index is 10.8. The van der Waals surface area contributed by atoms with E-state index in [9.17, 15) is 4.79 Å². The molecule has 0 spiro atoms. The van der Waals surface area contributed by atoms with E-state index < -0.39 is 5.91 Å². The molecule has 0 atom stereocenters. The number of hydrogen-bond donors (Lipinski definition) is 1. The van der Waals surface area contributed by atoms with E-state index in [4.69, 9.17) is 19.7 Å². The molecule has 0 aliphatic rings. The summed E-state index contributed by atoms with van der Waals surface area (Å²) < 4.78 is 16.7. The molecule has 3 aromatic carbocycles. The van der Waals surface area contributed by atoms with Crippen molar-refractivity contribution in [3.8, 4) is 34.3 Å². The lowest BCUT2D eigenvalue weighted by Crippen LogP contribution is -2.19. The Morgan fingerprint density at radius 2 is 1.59 bits per heavy atom. The quantitative estimate of drug-likeness (QED) is 0.393. The molecule has 174 valence electrons. The third-order valence-corrected chi connectivity index (χ3v) is 5.22. The standard InChI is InChI=1S/C27H27N3O4/c1-27(2,3)21-9-13-23(14-10-21)32-16-18-5-4-6-20(15-18)26-29-25(30-34-26)19-7-11-22(12-8-19)33-17-24(28)31/h4-15H,16-17H2,1-3H3,(H2,28,31). The van der Waals surface area contributed by atoms with Crippen LogP contribution in [-0.2, 0) is 16.8 Å². The summed E-state index contributed by atoms with van der Waals surface area (Å²) >= 11 is 0. The van der Waals surface area contributed by atoms with Crippen LogP contribution in [0.2, 0.25) is 0 Å². The Balaban J connectivity index is 1.41. The van der Waals surface area contributed by atoms with E-state index in [-0.39, 0.29) is 12.0 Å². The molecule has 0 saturated heterocycles. The van der Waals surface area contributed by atoms with Crippen LogP contribution >= 0.6 is 0 Å². The van der Waals surface area contributed by atoms with E-state index >= 15 is 0 Å². The summed E-state index contributed by atoms with van der Waals surface area (Å²) in [5.74, 6) is 1.70. The van der Waals surface area contributed by atoms with Crippen LogP contribution in [0, 0.1) is 0 Å². The number of amides is 1. The molecule has 0 unspecified atom stereocenters. The summed E-state index contributed by atoms with van der Waals surface area (Å²) in [7, 11) is 0. The summed E-state index contributed by atoms with van der Waals surface area (Å²) in [6.45, 7) is 6.82. The average molecular weight is 458 g/mol. The number of rotatable bonds is 8. The molecule has 0 saturated carbocycles. The minimum Gasteiger partial charge on any atom is -0.489 e. The molecular weight excluding hydrogens is 430 g/mol. The van der Waals surface area contributed by atoms with Gasteiger partial charge in [-0.15, -0.1) is 0 Å². The molecule has 7 nitrogen and oxygen atoms in total. The van der Waals surface area contributed by atoms with E-state index in [0.717, 1.165) is 22.4 Å². The summed E-state index contributed by atoms with van der Waals surface area (Å²) in [5, 5.41) is 4.09. The minimum absolute atomic E-state index is 0.108. The van der Waals surface area contributed by atoms with Crippen molar-refractivity contribution < 1.29 is 18.8 Å². The van der Waals surface area contributed by atoms with Crippen LogP contribution in [0.1, 0.15) is 31.9 Å². The molecule has 0 aliphatic carbocycles. The highest BCUT2D eigenvalue weighted by Crippen LogP contribution is 2.26. The monoisotopic (exact) mass is 457 g/mol. The zero-order chi connectivity index (χ0) is 24.1. The highest BCUT2D eigenvalue weighted by atomic mass is 16.5. The number of benzene rings is 3. The van der Waals surface area contributed by atoms with Crippen LogP contribution in [-0.4, -0.2) is 22.7 Å². The highest BCUT2D eigenvalue weighted by Gasteiger charge is 2.14. The van der Waals surface area contributed by atoms with E-state index in [2.05, 4.69) is 43.0 Å². The second kappa shape index (κ2) is 9.79. The summed E-state index contributed by atoms with van der Waals surface area (Å²) in [6, 6.07) is 23.0. The van der Waals surface area contributed by atoms with Crippen LogP contribution in [0.4, 0.5) is 0 Å². The fraction of sp³-hybridized carbons (Fsp3) is 0.222. The predicted octanol–water partition coefficient (Wildman–Crippen LogP) is 5.14. The topological polar surface area (TPSA) is 100 Å². The number of nitrogens with zero attached hydrogens (tertiary/aromatic N) is 2. The average Bonchev–Trinajstić information content (AvgIpc) is 3.32. The van der Waals surface area contributed by atoms with Gasteiger partial charge in [0.2, 0.25) is 5.82 Å². The lowest BCUT2D eigenvalue weighted by Gasteiger charge is -2.19. The van der Waals surface area contributed by atoms with Crippen LogP contribution in [0.15, 0.2) is 77.3 Å². The summed E-state index contributed by atoms with van der Waals surface area (Å²) in [5.41, 5.74) is 9.03. The van der Waals surface area contributed by atoms with Crippen molar-refractivity contribution >= 4 is 5.91 Å². The third-order valence-electron chi connectivity index (χ3n) is 5.22. The first-order valence-electron chi connectivity index (χ1n) is 11.0. The Labute approximate surface area is 198 Å². The van der Waals surface area contributed by atoms with Crippen molar-refractivity contribution in [2.24, 2.45) is 5.73 Å². The molecule has 0 fully saturated rings. The van der Waals surface area contributed by atoms with E-state index in [1.54, 1.807) is 24.3 Å². The van der Waals surface area contributed by atoms with Gasteiger partial charge in [-0.3, -0.25) is 4.79 Å². The van der Waals surface area contributed by atoms with Crippen molar-refractivity contribution in [2.45, 2.75) is 32.8 Å². The summed E-state index contributed by atoms with van der Waals surface area (Å²) in [6.07, 6.45) is 0. The van der Waals surface area contributed by atoms with Gasteiger partial charge in [0.1, 0.15) is 18.1 Å². The fourth-order valence-corrected chi connectivity index (χ4v) is 3.32. The van der Waals surface area contributed by atoms with Crippen LogP contribution in [0.3, 0.4) is 0 Å². The summed E-state index contributed by atoms with van der Waals surface area (Å²) in [4.78, 5) is 15.4. The second-order valence-corrected chi connectivity index (χ2v) is 8.97. The third kappa shape index (κ3) is 5.81. The first-order valence-corrected chi connectivity index (χ1v) is 11.0. The Hall–Kier alpha value is -4.13. The minimum atomic E-state index is -0.530. The molecule has 2 N–H and O–H groups in total. The van der Waals surface area contributed by atoms with Gasteiger partial charge in [0.05, 0.1) is 0 Å².